The minimum Gasteiger partial charge on any atom is -0.480 e. The molecule has 0 radical (unpaired) electrons. The van der Waals surface area contributed by atoms with Gasteiger partial charge in [-0.05, 0) is 51.0 Å². The lowest BCUT2D eigenvalue weighted by Gasteiger charge is -2.39. The number of nitrogens with zero attached hydrogens (tertiary/aromatic N) is 2. The smallest absolute Gasteiger partial charge is 0.326 e. The number of fused-ring (bicyclic) bond motifs is 1. The fourth-order valence-electron chi connectivity index (χ4n) is 5.08. The standard InChI is InChI=1S/C24H35N3O7S/c1-4-34-24(31)19(11-10-17-8-6-5-7-9-17)25-16(2)22(28)27-20(23(29)30)14-18-12-13-26(15-21(18)27)35(3,32)33/h5-9,16,18-21,25H,4,10-15H2,1-3H3,(H,29,30)/t16-,18+,19+,20+,21-/m0/s1. The highest BCUT2D eigenvalue weighted by Gasteiger charge is 2.50. The number of carboxylic acid groups (broad SMARTS) is 1. The zero-order valence-corrected chi connectivity index (χ0v) is 21.2. The van der Waals surface area contributed by atoms with Gasteiger partial charge in [0.15, 0.2) is 0 Å². The van der Waals surface area contributed by atoms with E-state index in [4.69, 9.17) is 4.74 Å². The van der Waals surface area contributed by atoms with E-state index >= 15 is 0 Å². The van der Waals surface area contributed by atoms with Crippen LogP contribution in [0.3, 0.4) is 0 Å². The molecule has 5 atom stereocenters. The van der Waals surface area contributed by atoms with Crippen LogP contribution in [-0.2, 0) is 35.6 Å². The number of hydrogen-bond acceptors (Lipinski definition) is 7. The van der Waals surface area contributed by atoms with Gasteiger partial charge in [0.2, 0.25) is 15.9 Å². The number of esters is 1. The predicted octanol–water partition coefficient (Wildman–Crippen LogP) is 0.865. The normalized spacial score (nSPS) is 24.4. The lowest BCUT2D eigenvalue weighted by atomic mass is 9.92. The zero-order valence-electron chi connectivity index (χ0n) is 20.4. The van der Waals surface area contributed by atoms with Gasteiger partial charge in [0, 0.05) is 19.1 Å². The van der Waals surface area contributed by atoms with Crippen LogP contribution in [0.25, 0.3) is 0 Å². The van der Waals surface area contributed by atoms with Crippen molar-refractivity contribution in [2.45, 2.75) is 63.7 Å². The van der Waals surface area contributed by atoms with Crippen molar-refractivity contribution in [2.75, 3.05) is 26.0 Å². The zero-order chi connectivity index (χ0) is 25.8. The van der Waals surface area contributed by atoms with E-state index in [-0.39, 0.29) is 25.5 Å². The second kappa shape index (κ2) is 11.5. The van der Waals surface area contributed by atoms with E-state index in [1.807, 2.05) is 30.3 Å². The monoisotopic (exact) mass is 509 g/mol. The average molecular weight is 510 g/mol. The Morgan fingerprint density at radius 1 is 1.23 bits per heavy atom. The molecule has 0 saturated carbocycles. The topological polar surface area (TPSA) is 133 Å². The van der Waals surface area contributed by atoms with Crippen LogP contribution < -0.4 is 5.32 Å². The molecule has 0 spiro atoms. The molecule has 2 saturated heterocycles. The van der Waals surface area contributed by atoms with Crippen molar-refractivity contribution >= 4 is 27.9 Å². The number of likely N-dealkylation sites (tertiary alicyclic amines) is 1. The number of aliphatic carboxylic acids is 1. The van der Waals surface area contributed by atoms with Crippen LogP contribution in [0.5, 0.6) is 0 Å². The maximum atomic E-state index is 13.5. The number of sulfonamides is 1. The van der Waals surface area contributed by atoms with E-state index in [1.54, 1.807) is 13.8 Å². The summed E-state index contributed by atoms with van der Waals surface area (Å²) in [7, 11) is -3.47. The summed E-state index contributed by atoms with van der Waals surface area (Å²) < 4.78 is 30.7. The van der Waals surface area contributed by atoms with Crippen LogP contribution in [-0.4, -0.2) is 90.7 Å². The lowest BCUT2D eigenvalue weighted by molar-refractivity contribution is -0.152. The molecule has 0 bridgehead atoms. The van der Waals surface area contributed by atoms with Crippen molar-refractivity contribution in [3.63, 3.8) is 0 Å². The summed E-state index contributed by atoms with van der Waals surface area (Å²) >= 11 is 0. The number of ether oxygens (including phenoxy) is 1. The van der Waals surface area contributed by atoms with E-state index in [0.29, 0.717) is 25.8 Å². The van der Waals surface area contributed by atoms with E-state index in [2.05, 4.69) is 5.32 Å². The van der Waals surface area contributed by atoms with Gasteiger partial charge in [-0.1, -0.05) is 30.3 Å². The molecule has 1 aromatic carbocycles. The highest BCUT2D eigenvalue weighted by Crippen LogP contribution is 2.37. The number of carbonyl (C=O) groups is 3. The molecule has 2 aliphatic rings. The highest BCUT2D eigenvalue weighted by molar-refractivity contribution is 7.88. The minimum atomic E-state index is -3.47. The van der Waals surface area contributed by atoms with Crippen molar-refractivity contribution in [1.82, 2.24) is 14.5 Å². The summed E-state index contributed by atoms with van der Waals surface area (Å²) in [6.45, 7) is 3.89. The van der Waals surface area contributed by atoms with Gasteiger partial charge in [-0.25, -0.2) is 17.5 Å². The minimum absolute atomic E-state index is 0.0705. The molecule has 1 aromatic rings. The molecule has 2 fully saturated rings. The Morgan fingerprint density at radius 3 is 2.51 bits per heavy atom. The molecule has 194 valence electrons. The quantitative estimate of drug-likeness (QED) is 0.444. The third kappa shape index (κ3) is 6.59. The molecule has 3 rings (SSSR count). The first-order valence-corrected chi connectivity index (χ1v) is 13.8. The summed E-state index contributed by atoms with van der Waals surface area (Å²) in [6, 6.07) is 6.45. The first-order valence-electron chi connectivity index (χ1n) is 12.0. The number of hydrogen-bond donors (Lipinski definition) is 2. The molecule has 0 unspecified atom stereocenters. The van der Waals surface area contributed by atoms with E-state index in [9.17, 15) is 27.9 Å². The number of amides is 1. The van der Waals surface area contributed by atoms with Gasteiger partial charge in [0.05, 0.1) is 18.9 Å². The molecule has 2 aliphatic heterocycles. The van der Waals surface area contributed by atoms with Gasteiger partial charge in [-0.15, -0.1) is 0 Å². The molecule has 35 heavy (non-hydrogen) atoms. The fourth-order valence-corrected chi connectivity index (χ4v) is 5.94. The Hall–Kier alpha value is -2.50. The number of rotatable bonds is 10. The second-order valence-corrected chi connectivity index (χ2v) is 11.3. The van der Waals surface area contributed by atoms with Crippen molar-refractivity contribution in [3.8, 4) is 0 Å². The first kappa shape index (κ1) is 27.1. The Kier molecular flexibility index (Phi) is 8.89. The molecule has 2 heterocycles. The largest absolute Gasteiger partial charge is 0.480 e. The lowest BCUT2D eigenvalue weighted by Crippen LogP contribution is -2.58. The van der Waals surface area contributed by atoms with Crippen LogP contribution in [0.2, 0.25) is 0 Å². The second-order valence-electron chi connectivity index (χ2n) is 9.29. The Morgan fingerprint density at radius 2 is 1.91 bits per heavy atom. The number of carboxylic acids is 1. The molecular weight excluding hydrogens is 474 g/mol. The number of benzene rings is 1. The van der Waals surface area contributed by atoms with Crippen LogP contribution in [0.4, 0.5) is 0 Å². The predicted molar refractivity (Wildman–Crippen MR) is 129 cm³/mol. The summed E-state index contributed by atoms with van der Waals surface area (Å²) in [6.07, 6.45) is 2.88. The first-order chi connectivity index (χ1) is 16.5. The van der Waals surface area contributed by atoms with Gasteiger partial charge >= 0.3 is 11.9 Å². The Balaban J connectivity index is 1.76. The fraction of sp³-hybridized carbons (Fsp3) is 0.625. The van der Waals surface area contributed by atoms with Crippen molar-refractivity contribution in [2.24, 2.45) is 5.92 Å². The maximum absolute atomic E-state index is 13.5. The molecule has 0 aromatic heterocycles. The third-order valence-electron chi connectivity index (χ3n) is 6.87. The van der Waals surface area contributed by atoms with Crippen LogP contribution in [0, 0.1) is 5.92 Å². The van der Waals surface area contributed by atoms with Gasteiger partial charge in [-0.2, -0.15) is 0 Å². The molecule has 0 aliphatic carbocycles. The number of piperidine rings is 1. The van der Waals surface area contributed by atoms with E-state index in [1.165, 1.54) is 9.21 Å². The average Bonchev–Trinajstić information content (AvgIpc) is 3.20. The third-order valence-corrected chi connectivity index (χ3v) is 8.14. The summed E-state index contributed by atoms with van der Waals surface area (Å²) in [5, 5.41) is 12.9. The molecule has 1 amide bonds. The summed E-state index contributed by atoms with van der Waals surface area (Å²) in [5.74, 6) is -2.14. The van der Waals surface area contributed by atoms with Gasteiger partial charge in [0.1, 0.15) is 12.1 Å². The van der Waals surface area contributed by atoms with Crippen molar-refractivity contribution in [3.05, 3.63) is 35.9 Å². The molecular formula is C24H35N3O7S. The van der Waals surface area contributed by atoms with Crippen LogP contribution >= 0.6 is 0 Å². The Bertz CT molecular complexity index is 1020. The SMILES string of the molecule is CCOC(=O)[C@@H](CCc1ccccc1)N[C@@H](C)C(=O)N1[C@@H](C(=O)O)C[C@H]2CCN(S(C)(=O)=O)C[C@@H]21. The van der Waals surface area contributed by atoms with Gasteiger partial charge < -0.3 is 14.7 Å². The van der Waals surface area contributed by atoms with E-state index in [0.717, 1.165) is 11.8 Å². The highest BCUT2D eigenvalue weighted by atomic mass is 32.2. The van der Waals surface area contributed by atoms with Crippen molar-refractivity contribution in [1.29, 1.82) is 0 Å². The summed E-state index contributed by atoms with van der Waals surface area (Å²) in [4.78, 5) is 39.5. The molecule has 10 nitrogen and oxygen atoms in total. The Labute approximate surface area is 206 Å². The van der Waals surface area contributed by atoms with Crippen molar-refractivity contribution < 1.29 is 32.6 Å². The van der Waals surface area contributed by atoms with Crippen LogP contribution in [0.15, 0.2) is 30.3 Å². The number of aryl methyl sites for hydroxylation is 1. The molecule has 11 heteroatoms. The van der Waals surface area contributed by atoms with Gasteiger partial charge in [0.25, 0.3) is 0 Å². The molecule has 2 N–H and O–H groups in total. The number of nitrogens with one attached hydrogen (secondary N) is 1. The van der Waals surface area contributed by atoms with E-state index < -0.39 is 52.0 Å². The maximum Gasteiger partial charge on any atom is 0.326 e. The summed E-state index contributed by atoms with van der Waals surface area (Å²) in [5.41, 5.74) is 1.04. The van der Waals surface area contributed by atoms with Gasteiger partial charge in [-0.3, -0.25) is 14.9 Å². The number of carbonyl (C=O) groups excluding carboxylic acids is 2. The van der Waals surface area contributed by atoms with Crippen LogP contribution in [0.1, 0.15) is 38.7 Å².